The first-order valence-corrected chi connectivity index (χ1v) is 4.26. The number of rotatable bonds is 4. The van der Waals surface area contributed by atoms with Crippen LogP contribution in [0.25, 0.3) is 0 Å². The topological polar surface area (TPSA) is 33.2 Å². The highest BCUT2D eigenvalue weighted by Crippen LogP contribution is 2.02. The highest BCUT2D eigenvalue weighted by Gasteiger charge is 1.99. The third-order valence-corrected chi connectivity index (χ3v) is 1.94. The van der Waals surface area contributed by atoms with Crippen molar-refractivity contribution in [3.8, 4) is 0 Å². The van der Waals surface area contributed by atoms with Gasteiger partial charge in [0.1, 0.15) is 6.29 Å². The zero-order valence-electron chi connectivity index (χ0n) is 6.36. The van der Waals surface area contributed by atoms with Crippen LogP contribution < -0.4 is 0 Å². The van der Waals surface area contributed by atoms with E-state index in [9.17, 15) is 4.79 Å². The number of likely N-dealkylation sites (N-methyl/N-ethyl adjacent to an activating group) is 1. The molecule has 0 amide bonds. The Morgan fingerprint density at radius 1 is 1.82 bits per heavy atom. The second kappa shape index (κ2) is 4.20. The summed E-state index contributed by atoms with van der Waals surface area (Å²) in [6, 6.07) is 0. The fourth-order valence-electron chi connectivity index (χ4n) is 0.784. The van der Waals surface area contributed by atoms with Gasteiger partial charge in [0.15, 0.2) is 0 Å². The minimum absolute atomic E-state index is 0.470. The molecule has 0 spiro atoms. The van der Waals surface area contributed by atoms with Crippen LogP contribution in [0.15, 0.2) is 10.9 Å². The summed E-state index contributed by atoms with van der Waals surface area (Å²) < 4.78 is 0. The maximum Gasteiger partial charge on any atom is 0.133 e. The molecule has 0 bridgehead atoms. The summed E-state index contributed by atoms with van der Waals surface area (Å²) in [5.41, 5.74) is 2.82. The molecule has 11 heavy (non-hydrogen) atoms. The first kappa shape index (κ1) is 8.36. The molecule has 0 unspecified atom stereocenters. The van der Waals surface area contributed by atoms with Gasteiger partial charge in [-0.05, 0) is 7.05 Å². The van der Waals surface area contributed by atoms with Crippen molar-refractivity contribution in [1.82, 2.24) is 9.88 Å². The van der Waals surface area contributed by atoms with E-state index in [1.165, 1.54) is 0 Å². The number of aldehydes is 1. The molecule has 3 nitrogen and oxygen atoms in total. The molecule has 0 saturated heterocycles. The van der Waals surface area contributed by atoms with Gasteiger partial charge in [0.2, 0.25) is 0 Å². The van der Waals surface area contributed by atoms with Crippen LogP contribution in [0, 0.1) is 0 Å². The normalized spacial score (nSPS) is 10.4. The van der Waals surface area contributed by atoms with E-state index in [0.29, 0.717) is 6.54 Å². The molecule has 1 aromatic heterocycles. The predicted octanol–water partition coefficient (Wildman–Crippen LogP) is 0.774. The number of aromatic nitrogens is 1. The van der Waals surface area contributed by atoms with Crippen molar-refractivity contribution >= 4 is 17.6 Å². The molecule has 60 valence electrons. The van der Waals surface area contributed by atoms with E-state index >= 15 is 0 Å². The fraction of sp³-hybridized carbons (Fsp3) is 0.429. The molecule has 0 N–H and O–H groups in total. The maximum absolute atomic E-state index is 10.1. The molecule has 0 aliphatic carbocycles. The van der Waals surface area contributed by atoms with E-state index in [2.05, 4.69) is 4.98 Å². The van der Waals surface area contributed by atoms with Gasteiger partial charge in [0.25, 0.3) is 0 Å². The Hall–Kier alpha value is -0.740. The molecule has 1 aromatic rings. The van der Waals surface area contributed by atoms with Crippen molar-refractivity contribution in [2.45, 2.75) is 6.54 Å². The van der Waals surface area contributed by atoms with E-state index < -0.39 is 0 Å². The largest absolute Gasteiger partial charge is 0.302 e. The van der Waals surface area contributed by atoms with Gasteiger partial charge in [-0.3, -0.25) is 4.90 Å². The molecule has 0 radical (unpaired) electrons. The summed E-state index contributed by atoms with van der Waals surface area (Å²) >= 11 is 1.57. The molecule has 1 heterocycles. The van der Waals surface area contributed by atoms with Gasteiger partial charge in [-0.15, -0.1) is 11.3 Å². The molecule has 0 aromatic carbocycles. The average molecular weight is 170 g/mol. The van der Waals surface area contributed by atoms with E-state index in [0.717, 1.165) is 18.5 Å². The van der Waals surface area contributed by atoms with Crippen LogP contribution in [0.5, 0.6) is 0 Å². The molecule has 0 fully saturated rings. The summed E-state index contributed by atoms with van der Waals surface area (Å²) in [6.45, 7) is 1.22. The second-order valence-electron chi connectivity index (χ2n) is 2.34. The standard InChI is InChI=1S/C7H10N2OS/c1-9(2-3-10)4-7-5-11-6-8-7/h3,5-6H,2,4H2,1H3. The highest BCUT2D eigenvalue weighted by atomic mass is 32.1. The van der Waals surface area contributed by atoms with Crippen molar-refractivity contribution in [2.24, 2.45) is 0 Å². The highest BCUT2D eigenvalue weighted by molar-refractivity contribution is 7.07. The third-order valence-electron chi connectivity index (χ3n) is 1.30. The summed E-state index contributed by atoms with van der Waals surface area (Å²) in [4.78, 5) is 16.1. The smallest absolute Gasteiger partial charge is 0.133 e. The van der Waals surface area contributed by atoms with Crippen molar-refractivity contribution in [2.75, 3.05) is 13.6 Å². The zero-order valence-corrected chi connectivity index (χ0v) is 7.17. The van der Waals surface area contributed by atoms with Gasteiger partial charge in [-0.2, -0.15) is 0 Å². The molecular formula is C7H10N2OS. The van der Waals surface area contributed by atoms with E-state index in [1.807, 2.05) is 17.3 Å². The Bertz CT molecular complexity index is 210. The van der Waals surface area contributed by atoms with Gasteiger partial charge in [-0.1, -0.05) is 0 Å². The predicted molar refractivity (Wildman–Crippen MR) is 44.5 cm³/mol. The van der Waals surface area contributed by atoms with E-state index in [1.54, 1.807) is 16.8 Å². The number of nitrogens with zero attached hydrogens (tertiary/aromatic N) is 2. The minimum atomic E-state index is 0.470. The summed E-state index contributed by atoms with van der Waals surface area (Å²) in [7, 11) is 1.90. The molecule has 0 atom stereocenters. The van der Waals surface area contributed by atoms with Crippen molar-refractivity contribution in [3.63, 3.8) is 0 Å². The van der Waals surface area contributed by atoms with Gasteiger partial charge in [0.05, 0.1) is 17.7 Å². The Kier molecular flexibility index (Phi) is 3.19. The van der Waals surface area contributed by atoms with Crippen molar-refractivity contribution < 1.29 is 4.79 Å². The third kappa shape index (κ3) is 2.78. The quantitative estimate of drug-likeness (QED) is 0.626. The molecule has 0 saturated carbocycles. The Balaban J connectivity index is 2.37. The molecule has 1 rings (SSSR count). The Morgan fingerprint density at radius 2 is 2.64 bits per heavy atom. The van der Waals surface area contributed by atoms with Crippen molar-refractivity contribution in [3.05, 3.63) is 16.6 Å². The number of carbonyl (C=O) groups is 1. The SMILES string of the molecule is CN(CC=O)Cc1cscn1. The monoisotopic (exact) mass is 170 g/mol. The second-order valence-corrected chi connectivity index (χ2v) is 3.06. The lowest BCUT2D eigenvalue weighted by Gasteiger charge is -2.09. The van der Waals surface area contributed by atoms with E-state index in [4.69, 9.17) is 0 Å². The number of carbonyl (C=O) groups excluding carboxylic acids is 1. The fourth-order valence-corrected chi connectivity index (χ4v) is 1.33. The first-order chi connectivity index (χ1) is 5.33. The van der Waals surface area contributed by atoms with Crippen molar-refractivity contribution in [1.29, 1.82) is 0 Å². The molecular weight excluding hydrogens is 160 g/mol. The number of hydrogen-bond acceptors (Lipinski definition) is 4. The lowest BCUT2D eigenvalue weighted by Crippen LogP contribution is -2.19. The van der Waals surface area contributed by atoms with Crippen LogP contribution in [-0.2, 0) is 11.3 Å². The van der Waals surface area contributed by atoms with E-state index in [-0.39, 0.29) is 0 Å². The van der Waals surface area contributed by atoms with Crippen LogP contribution in [0.1, 0.15) is 5.69 Å². The molecule has 0 aliphatic rings. The van der Waals surface area contributed by atoms with Gasteiger partial charge < -0.3 is 4.79 Å². The van der Waals surface area contributed by atoms with Crippen LogP contribution in [-0.4, -0.2) is 29.8 Å². The lowest BCUT2D eigenvalue weighted by atomic mass is 10.4. The minimum Gasteiger partial charge on any atom is -0.302 e. The molecule has 0 aliphatic heterocycles. The summed E-state index contributed by atoms with van der Waals surface area (Å²) in [5.74, 6) is 0. The lowest BCUT2D eigenvalue weighted by molar-refractivity contribution is -0.108. The Labute approximate surface area is 69.7 Å². The Morgan fingerprint density at radius 3 is 3.18 bits per heavy atom. The van der Waals surface area contributed by atoms with Gasteiger partial charge in [-0.25, -0.2) is 4.98 Å². The van der Waals surface area contributed by atoms with Crippen LogP contribution >= 0.6 is 11.3 Å². The first-order valence-electron chi connectivity index (χ1n) is 3.32. The summed E-state index contributed by atoms with van der Waals surface area (Å²) in [5, 5.41) is 1.99. The summed E-state index contributed by atoms with van der Waals surface area (Å²) in [6.07, 6.45) is 0.895. The maximum atomic E-state index is 10.1. The average Bonchev–Trinajstić information content (AvgIpc) is 2.40. The molecule has 4 heteroatoms. The van der Waals surface area contributed by atoms with Crippen LogP contribution in [0.3, 0.4) is 0 Å². The van der Waals surface area contributed by atoms with Crippen LogP contribution in [0.4, 0.5) is 0 Å². The number of thiazole rings is 1. The van der Waals surface area contributed by atoms with Gasteiger partial charge in [0, 0.05) is 11.9 Å². The van der Waals surface area contributed by atoms with Gasteiger partial charge >= 0.3 is 0 Å². The zero-order chi connectivity index (χ0) is 8.10. The number of hydrogen-bond donors (Lipinski definition) is 0. The van der Waals surface area contributed by atoms with Crippen LogP contribution in [0.2, 0.25) is 0 Å².